The lowest BCUT2D eigenvalue weighted by molar-refractivity contribution is 0.110. The third-order valence-corrected chi connectivity index (χ3v) is 4.85. The zero-order valence-corrected chi connectivity index (χ0v) is 13.2. The summed E-state index contributed by atoms with van der Waals surface area (Å²) >= 11 is 0. The quantitative estimate of drug-likeness (QED) is 0.838. The molecule has 0 N–H and O–H groups in total. The maximum absolute atomic E-state index is 11.9. The fourth-order valence-corrected chi connectivity index (χ4v) is 3.50. The lowest BCUT2D eigenvalue weighted by Crippen LogP contribution is -2.45. The zero-order chi connectivity index (χ0) is 15.7. The summed E-state index contributed by atoms with van der Waals surface area (Å²) in [5, 5.41) is 0. The molecule has 0 aromatic heterocycles. The van der Waals surface area contributed by atoms with E-state index in [0.29, 0.717) is 0 Å². The molecule has 1 heterocycles. The smallest absolute Gasteiger partial charge is 0.410 e. The van der Waals surface area contributed by atoms with Gasteiger partial charge in [0.25, 0.3) is 0 Å². The minimum atomic E-state index is -0.383. The van der Waals surface area contributed by atoms with E-state index in [1.165, 1.54) is 11.1 Å². The van der Waals surface area contributed by atoms with Gasteiger partial charge in [0.2, 0.25) is 0 Å². The van der Waals surface area contributed by atoms with Crippen molar-refractivity contribution in [3.63, 3.8) is 0 Å². The monoisotopic (exact) mass is 295 g/mol. The highest BCUT2D eigenvalue weighted by Crippen LogP contribution is 2.41. The van der Waals surface area contributed by atoms with Gasteiger partial charge in [0.15, 0.2) is 0 Å². The molecule has 3 heteroatoms. The summed E-state index contributed by atoms with van der Waals surface area (Å²) in [5.74, 6) is 0. The molecule has 1 aliphatic heterocycles. The third-order valence-electron chi connectivity index (χ3n) is 4.85. The van der Waals surface area contributed by atoms with E-state index < -0.39 is 0 Å². The largest absolute Gasteiger partial charge is 0.443 e. The Hall–Kier alpha value is -2.29. The second-order valence-electron chi connectivity index (χ2n) is 5.81. The van der Waals surface area contributed by atoms with Crippen LogP contribution in [0.3, 0.4) is 0 Å². The van der Waals surface area contributed by atoms with Crippen LogP contribution in [0, 0.1) is 0 Å². The number of cyclic esters (lactones) is 1. The molecule has 1 amide bonds. The van der Waals surface area contributed by atoms with E-state index in [9.17, 15) is 4.79 Å². The van der Waals surface area contributed by atoms with Crippen molar-refractivity contribution >= 4 is 6.09 Å². The Morgan fingerprint density at radius 1 is 1.05 bits per heavy atom. The average molecular weight is 295 g/mol. The highest BCUT2D eigenvalue weighted by atomic mass is 16.6. The number of rotatable bonds is 3. The van der Waals surface area contributed by atoms with Crippen molar-refractivity contribution in [3.05, 3.63) is 60.2 Å². The van der Waals surface area contributed by atoms with Crippen LogP contribution >= 0.6 is 0 Å². The van der Waals surface area contributed by atoms with Crippen LogP contribution in [0.15, 0.2) is 54.6 Å². The standard InChI is InChI=1S/C19H21NO2/c1-4-19(14(2)22-18(21)20(19)3)17-12-10-16(11-13-17)15-8-6-5-7-9-15/h5-14H,4H2,1-3H3. The molecule has 2 unspecified atom stereocenters. The Kier molecular flexibility index (Phi) is 3.65. The van der Waals surface area contributed by atoms with Crippen molar-refractivity contribution in [1.82, 2.24) is 4.90 Å². The van der Waals surface area contributed by atoms with Crippen LogP contribution in [0.2, 0.25) is 0 Å². The Morgan fingerprint density at radius 2 is 1.64 bits per heavy atom. The van der Waals surface area contributed by atoms with Gasteiger partial charge in [-0.05, 0) is 30.0 Å². The number of nitrogens with zero attached hydrogens (tertiary/aromatic N) is 1. The molecule has 2 aromatic rings. The molecule has 114 valence electrons. The number of carbonyl (C=O) groups excluding carboxylic acids is 1. The van der Waals surface area contributed by atoms with Gasteiger partial charge in [-0.1, -0.05) is 61.5 Å². The summed E-state index contributed by atoms with van der Waals surface area (Å²) in [6, 6.07) is 18.7. The SMILES string of the molecule is CCC1(c2ccc(-c3ccccc3)cc2)C(C)OC(=O)N1C. The van der Waals surface area contributed by atoms with Crippen LogP contribution in [0.5, 0.6) is 0 Å². The zero-order valence-electron chi connectivity index (χ0n) is 13.2. The lowest BCUT2D eigenvalue weighted by atomic mass is 9.81. The predicted octanol–water partition coefficient (Wildman–Crippen LogP) is 4.43. The van der Waals surface area contributed by atoms with Gasteiger partial charge in [0, 0.05) is 7.05 Å². The average Bonchev–Trinajstić information content (AvgIpc) is 2.78. The number of carbonyl (C=O) groups is 1. The summed E-state index contributed by atoms with van der Waals surface area (Å²) in [6.07, 6.45) is 0.417. The molecule has 3 nitrogen and oxygen atoms in total. The van der Waals surface area contributed by atoms with E-state index in [-0.39, 0.29) is 17.7 Å². The summed E-state index contributed by atoms with van der Waals surface area (Å²) in [4.78, 5) is 13.7. The minimum absolute atomic E-state index is 0.155. The maximum atomic E-state index is 11.9. The normalized spacial score (nSPS) is 24.4. The van der Waals surface area contributed by atoms with Gasteiger partial charge in [-0.2, -0.15) is 0 Å². The Bertz CT molecular complexity index is 666. The summed E-state index contributed by atoms with van der Waals surface area (Å²) in [7, 11) is 1.82. The predicted molar refractivity (Wildman–Crippen MR) is 87.6 cm³/mol. The molecule has 0 bridgehead atoms. The Labute approximate surface area is 131 Å². The van der Waals surface area contributed by atoms with Crippen molar-refractivity contribution in [1.29, 1.82) is 0 Å². The van der Waals surface area contributed by atoms with Crippen LogP contribution in [-0.2, 0) is 10.3 Å². The molecule has 3 rings (SSSR count). The van der Waals surface area contributed by atoms with Gasteiger partial charge in [-0.25, -0.2) is 4.79 Å². The first-order valence-electron chi connectivity index (χ1n) is 7.70. The summed E-state index contributed by atoms with van der Waals surface area (Å²) < 4.78 is 5.44. The van der Waals surface area contributed by atoms with Crippen LogP contribution < -0.4 is 0 Å². The van der Waals surface area contributed by atoms with E-state index in [1.807, 2.05) is 32.2 Å². The molecule has 1 fully saturated rings. The molecule has 1 saturated heterocycles. The van der Waals surface area contributed by atoms with E-state index in [4.69, 9.17) is 4.74 Å². The molecule has 0 radical (unpaired) electrons. The van der Waals surface area contributed by atoms with E-state index in [0.717, 1.165) is 12.0 Å². The number of amides is 1. The Balaban J connectivity index is 2.00. The van der Waals surface area contributed by atoms with Crippen molar-refractivity contribution in [2.45, 2.75) is 31.9 Å². The number of hydrogen-bond donors (Lipinski definition) is 0. The molecular formula is C19H21NO2. The Morgan fingerprint density at radius 3 is 2.14 bits per heavy atom. The number of hydrogen-bond acceptors (Lipinski definition) is 2. The molecule has 22 heavy (non-hydrogen) atoms. The molecule has 2 atom stereocenters. The third kappa shape index (κ3) is 2.08. The van der Waals surface area contributed by atoms with Gasteiger partial charge in [-0.3, -0.25) is 4.90 Å². The van der Waals surface area contributed by atoms with Crippen LogP contribution in [0.4, 0.5) is 4.79 Å². The highest BCUT2D eigenvalue weighted by Gasteiger charge is 2.50. The topological polar surface area (TPSA) is 29.5 Å². The van der Waals surface area contributed by atoms with E-state index >= 15 is 0 Å². The van der Waals surface area contributed by atoms with Gasteiger partial charge in [-0.15, -0.1) is 0 Å². The van der Waals surface area contributed by atoms with Gasteiger partial charge in [0.1, 0.15) is 11.6 Å². The lowest BCUT2D eigenvalue weighted by Gasteiger charge is -2.36. The van der Waals surface area contributed by atoms with E-state index in [2.05, 4.69) is 43.3 Å². The first-order valence-corrected chi connectivity index (χ1v) is 7.70. The van der Waals surface area contributed by atoms with Gasteiger partial charge < -0.3 is 4.74 Å². The van der Waals surface area contributed by atoms with Gasteiger partial charge in [0.05, 0.1) is 0 Å². The molecular weight excluding hydrogens is 274 g/mol. The minimum Gasteiger partial charge on any atom is -0.443 e. The summed E-state index contributed by atoms with van der Waals surface area (Å²) in [5.41, 5.74) is 3.11. The van der Waals surface area contributed by atoms with Crippen molar-refractivity contribution in [2.75, 3.05) is 7.05 Å². The molecule has 0 aliphatic carbocycles. The fourth-order valence-electron chi connectivity index (χ4n) is 3.50. The van der Waals surface area contributed by atoms with Crippen LogP contribution in [-0.4, -0.2) is 24.1 Å². The van der Waals surface area contributed by atoms with Crippen molar-refractivity contribution in [2.24, 2.45) is 0 Å². The first kappa shape index (κ1) is 14.6. The van der Waals surface area contributed by atoms with Crippen LogP contribution in [0.25, 0.3) is 11.1 Å². The van der Waals surface area contributed by atoms with Gasteiger partial charge >= 0.3 is 6.09 Å². The first-order chi connectivity index (χ1) is 10.6. The second-order valence-corrected chi connectivity index (χ2v) is 5.81. The highest BCUT2D eigenvalue weighted by molar-refractivity contribution is 5.72. The van der Waals surface area contributed by atoms with Crippen molar-refractivity contribution < 1.29 is 9.53 Å². The molecule has 0 saturated carbocycles. The summed E-state index contributed by atoms with van der Waals surface area (Å²) in [6.45, 7) is 4.07. The second kappa shape index (κ2) is 5.48. The fraction of sp³-hybridized carbons (Fsp3) is 0.316. The van der Waals surface area contributed by atoms with Crippen LogP contribution in [0.1, 0.15) is 25.8 Å². The number of likely N-dealkylation sites (N-methyl/N-ethyl adjacent to an activating group) is 1. The number of ether oxygens (including phenoxy) is 1. The molecule has 1 aliphatic rings. The van der Waals surface area contributed by atoms with Crippen molar-refractivity contribution in [3.8, 4) is 11.1 Å². The molecule has 0 spiro atoms. The number of benzene rings is 2. The maximum Gasteiger partial charge on any atom is 0.410 e. The molecule has 2 aromatic carbocycles. The van der Waals surface area contributed by atoms with E-state index in [1.54, 1.807) is 4.90 Å².